The summed E-state index contributed by atoms with van der Waals surface area (Å²) in [6.45, 7) is 5.47. The molecular weight excluding hydrogens is 192 g/mol. The van der Waals surface area contributed by atoms with Gasteiger partial charge in [-0.25, -0.2) is 4.79 Å². The molecule has 0 aliphatic heterocycles. The summed E-state index contributed by atoms with van der Waals surface area (Å²) in [5.41, 5.74) is -0.113. The highest BCUT2D eigenvalue weighted by molar-refractivity contribution is 5.89. The SMILES string of the molecule is COc1[c]c(C(=O)OC(C)(C)C)ccc1. The predicted octanol–water partition coefficient (Wildman–Crippen LogP) is 2.45. The summed E-state index contributed by atoms with van der Waals surface area (Å²) in [6, 6.07) is 7.93. The minimum atomic E-state index is -0.492. The third-order valence-electron chi connectivity index (χ3n) is 1.61. The van der Waals surface area contributed by atoms with E-state index < -0.39 is 5.60 Å². The lowest BCUT2D eigenvalue weighted by molar-refractivity contribution is 0.00688. The molecule has 1 rings (SSSR count). The lowest BCUT2D eigenvalue weighted by Crippen LogP contribution is -2.23. The Balaban J connectivity index is 2.82. The van der Waals surface area contributed by atoms with Gasteiger partial charge in [0.15, 0.2) is 0 Å². The third kappa shape index (κ3) is 3.62. The zero-order valence-electron chi connectivity index (χ0n) is 9.46. The number of hydrogen-bond donors (Lipinski definition) is 0. The van der Waals surface area contributed by atoms with Crippen molar-refractivity contribution in [1.29, 1.82) is 0 Å². The van der Waals surface area contributed by atoms with Crippen molar-refractivity contribution in [3.05, 3.63) is 29.8 Å². The summed E-state index contributed by atoms with van der Waals surface area (Å²) in [6.07, 6.45) is 0. The maximum absolute atomic E-state index is 11.6. The van der Waals surface area contributed by atoms with Crippen molar-refractivity contribution >= 4 is 5.97 Å². The first kappa shape index (κ1) is 11.6. The Hall–Kier alpha value is -1.51. The maximum atomic E-state index is 11.6. The normalized spacial score (nSPS) is 10.9. The Morgan fingerprint density at radius 2 is 2.00 bits per heavy atom. The van der Waals surface area contributed by atoms with Crippen LogP contribution in [0.4, 0.5) is 0 Å². The van der Waals surface area contributed by atoms with Gasteiger partial charge in [0.2, 0.25) is 0 Å². The molecule has 0 N–H and O–H groups in total. The van der Waals surface area contributed by atoms with Crippen molar-refractivity contribution in [2.24, 2.45) is 0 Å². The number of ether oxygens (including phenoxy) is 2. The molecule has 0 saturated carbocycles. The van der Waals surface area contributed by atoms with E-state index in [9.17, 15) is 4.79 Å². The minimum absolute atomic E-state index is 0.379. The fourth-order valence-electron chi connectivity index (χ4n) is 1.02. The number of carbonyl (C=O) groups excluding carboxylic acids is 1. The summed E-state index contributed by atoms with van der Waals surface area (Å²) in [5, 5.41) is 0. The van der Waals surface area contributed by atoms with E-state index in [0.29, 0.717) is 11.3 Å². The van der Waals surface area contributed by atoms with Gasteiger partial charge in [-0.1, -0.05) is 6.07 Å². The molecule has 1 radical (unpaired) electrons. The molecule has 0 bridgehead atoms. The maximum Gasteiger partial charge on any atom is 0.339 e. The fourth-order valence-corrected chi connectivity index (χ4v) is 1.02. The molecule has 81 valence electrons. The number of methoxy groups -OCH3 is 1. The molecule has 0 amide bonds. The Morgan fingerprint density at radius 1 is 1.33 bits per heavy atom. The first-order chi connectivity index (χ1) is 6.92. The lowest BCUT2D eigenvalue weighted by atomic mass is 10.1. The molecule has 3 nitrogen and oxygen atoms in total. The third-order valence-corrected chi connectivity index (χ3v) is 1.61. The van der Waals surface area contributed by atoms with Crippen LogP contribution in [0, 0.1) is 6.07 Å². The smallest absolute Gasteiger partial charge is 0.339 e. The van der Waals surface area contributed by atoms with Gasteiger partial charge in [0.1, 0.15) is 11.4 Å². The van der Waals surface area contributed by atoms with Gasteiger partial charge in [-0.2, -0.15) is 0 Å². The number of esters is 1. The van der Waals surface area contributed by atoms with Crippen molar-refractivity contribution in [1.82, 2.24) is 0 Å². The molecule has 3 heteroatoms. The van der Waals surface area contributed by atoms with E-state index >= 15 is 0 Å². The van der Waals surface area contributed by atoms with Gasteiger partial charge in [-0.15, -0.1) is 0 Å². The molecular formula is C12H15O3. The number of hydrogen-bond acceptors (Lipinski definition) is 3. The van der Waals surface area contributed by atoms with Crippen LogP contribution >= 0.6 is 0 Å². The van der Waals surface area contributed by atoms with Crippen LogP contribution in [0.3, 0.4) is 0 Å². The monoisotopic (exact) mass is 207 g/mol. The summed E-state index contributed by atoms with van der Waals surface area (Å²) >= 11 is 0. The van der Waals surface area contributed by atoms with Gasteiger partial charge in [0.25, 0.3) is 0 Å². The molecule has 0 atom stereocenters. The zero-order valence-corrected chi connectivity index (χ0v) is 9.46. The van der Waals surface area contributed by atoms with Crippen molar-refractivity contribution in [2.75, 3.05) is 7.11 Å². The second kappa shape index (κ2) is 4.34. The van der Waals surface area contributed by atoms with Gasteiger partial charge in [0, 0.05) is 6.07 Å². The molecule has 0 spiro atoms. The van der Waals surface area contributed by atoms with E-state index in [1.54, 1.807) is 18.2 Å². The van der Waals surface area contributed by atoms with E-state index in [1.807, 2.05) is 20.8 Å². The van der Waals surface area contributed by atoms with Crippen LogP contribution in [0.25, 0.3) is 0 Å². The van der Waals surface area contributed by atoms with Crippen molar-refractivity contribution in [2.45, 2.75) is 26.4 Å². The fraction of sp³-hybridized carbons (Fsp3) is 0.417. The quantitative estimate of drug-likeness (QED) is 0.699. The van der Waals surface area contributed by atoms with E-state index in [2.05, 4.69) is 6.07 Å². The summed E-state index contributed by atoms with van der Waals surface area (Å²) in [7, 11) is 1.53. The van der Waals surface area contributed by atoms with Gasteiger partial charge in [-0.05, 0) is 32.9 Å². The number of rotatable bonds is 2. The Morgan fingerprint density at radius 3 is 2.53 bits per heavy atom. The van der Waals surface area contributed by atoms with E-state index in [-0.39, 0.29) is 5.97 Å². The largest absolute Gasteiger partial charge is 0.496 e. The standard InChI is InChI=1S/C12H15O3/c1-12(2,3)15-11(13)9-6-5-7-10(8-9)14-4/h5-7H,1-4H3. The lowest BCUT2D eigenvalue weighted by Gasteiger charge is -2.19. The van der Waals surface area contributed by atoms with E-state index in [4.69, 9.17) is 9.47 Å². The summed E-state index contributed by atoms with van der Waals surface area (Å²) in [5.74, 6) is 0.139. The highest BCUT2D eigenvalue weighted by atomic mass is 16.6. The Bertz CT molecular complexity index is 350. The van der Waals surface area contributed by atoms with Crippen molar-refractivity contribution < 1.29 is 14.3 Å². The number of benzene rings is 1. The first-order valence-electron chi connectivity index (χ1n) is 4.72. The van der Waals surface area contributed by atoms with Crippen LogP contribution in [0.15, 0.2) is 18.2 Å². The average molecular weight is 207 g/mol. The molecule has 1 aromatic rings. The molecule has 0 aliphatic rings. The molecule has 0 heterocycles. The predicted molar refractivity (Wildman–Crippen MR) is 57.0 cm³/mol. The van der Waals surface area contributed by atoms with Crippen molar-refractivity contribution in [3.8, 4) is 5.75 Å². The molecule has 0 saturated heterocycles. The average Bonchev–Trinajstić information content (AvgIpc) is 2.15. The summed E-state index contributed by atoms with van der Waals surface area (Å²) in [4.78, 5) is 11.6. The minimum Gasteiger partial charge on any atom is -0.496 e. The zero-order chi connectivity index (χ0) is 11.5. The molecule has 0 aliphatic carbocycles. The Kier molecular flexibility index (Phi) is 3.35. The highest BCUT2D eigenvalue weighted by Crippen LogP contribution is 2.15. The molecule has 15 heavy (non-hydrogen) atoms. The van der Waals surface area contributed by atoms with E-state index in [0.717, 1.165) is 0 Å². The molecule has 1 aromatic carbocycles. The summed E-state index contributed by atoms with van der Waals surface area (Å²) < 4.78 is 10.2. The Labute approximate surface area is 90.0 Å². The van der Waals surface area contributed by atoms with Crippen LogP contribution in [0.2, 0.25) is 0 Å². The second-order valence-corrected chi connectivity index (χ2v) is 4.13. The van der Waals surface area contributed by atoms with E-state index in [1.165, 1.54) is 7.11 Å². The van der Waals surface area contributed by atoms with Crippen LogP contribution < -0.4 is 4.74 Å². The van der Waals surface area contributed by atoms with Gasteiger partial charge in [0.05, 0.1) is 12.7 Å². The molecule has 0 aromatic heterocycles. The topological polar surface area (TPSA) is 35.5 Å². The van der Waals surface area contributed by atoms with Crippen LogP contribution in [-0.2, 0) is 4.74 Å². The highest BCUT2D eigenvalue weighted by Gasteiger charge is 2.18. The van der Waals surface area contributed by atoms with Crippen LogP contribution in [-0.4, -0.2) is 18.7 Å². The first-order valence-corrected chi connectivity index (χ1v) is 4.72. The van der Waals surface area contributed by atoms with Gasteiger partial charge >= 0.3 is 5.97 Å². The molecule has 0 unspecified atom stereocenters. The van der Waals surface area contributed by atoms with Crippen LogP contribution in [0.1, 0.15) is 31.1 Å². The molecule has 0 fully saturated rings. The van der Waals surface area contributed by atoms with Crippen LogP contribution in [0.5, 0.6) is 5.75 Å². The second-order valence-electron chi connectivity index (χ2n) is 4.13. The number of carbonyl (C=O) groups is 1. The van der Waals surface area contributed by atoms with Gasteiger partial charge in [-0.3, -0.25) is 0 Å². The van der Waals surface area contributed by atoms with Gasteiger partial charge < -0.3 is 9.47 Å². The van der Waals surface area contributed by atoms with Crippen molar-refractivity contribution in [3.63, 3.8) is 0 Å².